The molecule has 0 unspecified atom stereocenters. The second-order valence-corrected chi connectivity index (χ2v) is 4.06. The molecule has 88 valence electrons. The molecule has 0 radical (unpaired) electrons. The van der Waals surface area contributed by atoms with Crippen LogP contribution in [0.15, 0.2) is 0 Å². The molecule has 1 heterocycles. The van der Waals surface area contributed by atoms with Crippen LogP contribution in [0.1, 0.15) is 40.0 Å². The number of nitrogens with zero attached hydrogens (tertiary/aromatic N) is 1. The Morgan fingerprint density at radius 3 is 2.82 bits per heavy atom. The molecule has 0 saturated carbocycles. The number of aromatic amines is 1. The van der Waals surface area contributed by atoms with Gasteiger partial charge in [-0.05, 0) is 19.3 Å². The fraction of sp³-hybridized carbons (Fsp3) is 0.417. The first-order valence-corrected chi connectivity index (χ1v) is 5.54. The van der Waals surface area contributed by atoms with Crippen molar-refractivity contribution in [2.24, 2.45) is 0 Å². The number of pyridine rings is 1. The number of carbonyl (C=O) groups is 1. The van der Waals surface area contributed by atoms with Crippen molar-refractivity contribution in [3.63, 3.8) is 0 Å². The van der Waals surface area contributed by atoms with E-state index < -0.39 is 5.97 Å². The second-order valence-electron chi connectivity index (χ2n) is 4.06. The fourth-order valence-electron chi connectivity index (χ4n) is 2.27. The van der Waals surface area contributed by atoms with Crippen molar-refractivity contribution in [2.45, 2.75) is 25.7 Å². The fourth-order valence-corrected chi connectivity index (χ4v) is 2.27. The number of H-pyrrole nitrogens is 1. The Kier molecular flexibility index (Phi) is 2.96. The summed E-state index contributed by atoms with van der Waals surface area (Å²) >= 11 is 0. The largest absolute Gasteiger partial charge is 0.465 e. The van der Waals surface area contributed by atoms with E-state index in [0.717, 1.165) is 36.9 Å². The Morgan fingerprint density at radius 1 is 1.47 bits per heavy atom. The lowest BCUT2D eigenvalue weighted by molar-refractivity contribution is -0.374. The van der Waals surface area contributed by atoms with Crippen LogP contribution in [-0.4, -0.2) is 13.1 Å². The summed E-state index contributed by atoms with van der Waals surface area (Å²) in [6.45, 7) is 0. The minimum atomic E-state index is -0.486. The third-order valence-electron chi connectivity index (χ3n) is 3.08. The number of hydrogen-bond acceptors (Lipinski definition) is 4. The molecule has 1 aromatic heterocycles. The predicted molar refractivity (Wildman–Crippen MR) is 60.1 cm³/mol. The van der Waals surface area contributed by atoms with Crippen molar-refractivity contribution in [3.8, 4) is 6.07 Å². The van der Waals surface area contributed by atoms with Gasteiger partial charge in [0.15, 0.2) is 5.56 Å². The summed E-state index contributed by atoms with van der Waals surface area (Å²) < 4.78 is 4.74. The molecular formula is C12H14N3O2+. The molecule has 0 saturated heterocycles. The minimum absolute atomic E-state index is 0.192. The molecule has 0 spiro atoms. The molecule has 0 bridgehead atoms. The number of aryl methyl sites for hydroxylation is 1. The third kappa shape index (κ3) is 1.82. The van der Waals surface area contributed by atoms with E-state index in [1.807, 2.05) is 6.07 Å². The van der Waals surface area contributed by atoms with Crippen LogP contribution in [0.3, 0.4) is 0 Å². The Bertz CT molecular complexity index is 517. The van der Waals surface area contributed by atoms with Gasteiger partial charge in [0.1, 0.15) is 11.8 Å². The first-order chi connectivity index (χ1) is 8.19. The van der Waals surface area contributed by atoms with Gasteiger partial charge in [-0.2, -0.15) is 5.26 Å². The average molecular weight is 232 g/mol. The van der Waals surface area contributed by atoms with Gasteiger partial charge in [-0.15, -0.1) is 0 Å². The van der Waals surface area contributed by atoms with Crippen LogP contribution in [0.25, 0.3) is 0 Å². The molecule has 3 N–H and O–H groups in total. The van der Waals surface area contributed by atoms with Crippen LogP contribution in [0, 0.1) is 11.3 Å². The molecule has 0 amide bonds. The lowest BCUT2D eigenvalue weighted by Crippen LogP contribution is -2.27. The zero-order valence-corrected chi connectivity index (χ0v) is 9.67. The van der Waals surface area contributed by atoms with E-state index in [4.69, 9.17) is 15.7 Å². The van der Waals surface area contributed by atoms with Crippen molar-refractivity contribution in [2.75, 3.05) is 12.8 Å². The lowest BCUT2D eigenvalue weighted by Gasteiger charge is -2.16. The maximum Gasteiger partial charge on any atom is 0.339 e. The van der Waals surface area contributed by atoms with Crippen molar-refractivity contribution < 1.29 is 14.5 Å². The Morgan fingerprint density at radius 2 is 2.18 bits per heavy atom. The Hall–Kier alpha value is -2.09. The van der Waals surface area contributed by atoms with Gasteiger partial charge >= 0.3 is 5.97 Å². The zero-order chi connectivity index (χ0) is 12.4. The number of fused-ring (bicyclic) bond motifs is 1. The van der Waals surface area contributed by atoms with Crippen LogP contribution in [0.4, 0.5) is 5.82 Å². The van der Waals surface area contributed by atoms with E-state index in [-0.39, 0.29) is 11.4 Å². The van der Waals surface area contributed by atoms with Gasteiger partial charge in [0.05, 0.1) is 12.7 Å². The summed E-state index contributed by atoms with van der Waals surface area (Å²) in [4.78, 5) is 14.8. The molecule has 5 nitrogen and oxygen atoms in total. The monoisotopic (exact) mass is 232 g/mol. The summed E-state index contributed by atoms with van der Waals surface area (Å²) in [5.41, 5.74) is 8.12. The van der Waals surface area contributed by atoms with Crippen LogP contribution in [-0.2, 0) is 17.6 Å². The number of esters is 1. The van der Waals surface area contributed by atoms with Gasteiger partial charge in [-0.1, -0.05) is 0 Å². The molecule has 0 fully saturated rings. The van der Waals surface area contributed by atoms with Crippen LogP contribution in [0.5, 0.6) is 0 Å². The summed E-state index contributed by atoms with van der Waals surface area (Å²) in [5, 5.41) is 9.09. The number of ether oxygens (including phenoxy) is 1. The van der Waals surface area contributed by atoms with Gasteiger partial charge in [0, 0.05) is 12.0 Å². The molecule has 1 aromatic rings. The van der Waals surface area contributed by atoms with E-state index in [0.29, 0.717) is 5.56 Å². The van der Waals surface area contributed by atoms with Gasteiger partial charge < -0.3 is 4.74 Å². The van der Waals surface area contributed by atoms with E-state index in [9.17, 15) is 4.79 Å². The molecule has 17 heavy (non-hydrogen) atoms. The Balaban J connectivity index is 2.71. The summed E-state index contributed by atoms with van der Waals surface area (Å²) in [5.74, 6) is -0.242. The van der Waals surface area contributed by atoms with Crippen LogP contribution in [0.2, 0.25) is 0 Å². The molecular weight excluding hydrogens is 218 g/mol. The number of rotatable bonds is 1. The highest BCUT2D eigenvalue weighted by atomic mass is 16.5. The number of nitrogens with two attached hydrogens (primary N) is 1. The highest BCUT2D eigenvalue weighted by Crippen LogP contribution is 2.26. The predicted octanol–water partition coefficient (Wildman–Crippen LogP) is 0.620. The van der Waals surface area contributed by atoms with Crippen molar-refractivity contribution >= 4 is 11.8 Å². The van der Waals surface area contributed by atoms with Crippen molar-refractivity contribution in [3.05, 3.63) is 22.4 Å². The summed E-state index contributed by atoms with van der Waals surface area (Å²) in [6, 6.07) is 1.97. The number of methoxy groups -OCH3 is 1. The smallest absolute Gasteiger partial charge is 0.339 e. The lowest BCUT2D eigenvalue weighted by atomic mass is 9.90. The van der Waals surface area contributed by atoms with Crippen LogP contribution >= 0.6 is 0 Å². The van der Waals surface area contributed by atoms with Crippen LogP contribution < -0.4 is 10.7 Å². The number of carbonyl (C=O) groups excluding carboxylic acids is 1. The maximum absolute atomic E-state index is 11.8. The zero-order valence-electron chi connectivity index (χ0n) is 9.67. The number of nitrogen functional groups attached to an aromatic ring is 1. The standard InChI is InChI=1S/C12H13N3O2/c1-17-12(16)10-7-4-2-3-5-9(7)15-11(14)8(10)6-13/h2-5H2,1H3,(H2,14,15)/p+1. The maximum atomic E-state index is 11.8. The number of nitriles is 1. The number of aromatic nitrogens is 1. The molecule has 5 heteroatoms. The van der Waals surface area contributed by atoms with E-state index in [2.05, 4.69) is 4.98 Å². The number of hydrogen-bond donors (Lipinski definition) is 1. The normalized spacial score (nSPS) is 13.6. The topological polar surface area (TPSA) is 90.2 Å². The van der Waals surface area contributed by atoms with E-state index in [1.54, 1.807) is 0 Å². The minimum Gasteiger partial charge on any atom is -0.465 e. The summed E-state index contributed by atoms with van der Waals surface area (Å²) in [6.07, 6.45) is 3.72. The van der Waals surface area contributed by atoms with Gasteiger partial charge in [-0.3, -0.25) is 5.73 Å². The number of anilines is 1. The highest BCUT2D eigenvalue weighted by molar-refractivity contribution is 5.95. The average Bonchev–Trinajstić information content (AvgIpc) is 2.36. The SMILES string of the molecule is COC(=O)c1c(C#N)c(N)[nH+]c2c1CCCC2. The third-order valence-corrected chi connectivity index (χ3v) is 3.08. The summed E-state index contributed by atoms with van der Waals surface area (Å²) in [7, 11) is 1.31. The van der Waals surface area contributed by atoms with Gasteiger partial charge in [0.25, 0.3) is 5.82 Å². The quantitative estimate of drug-likeness (QED) is 0.718. The Labute approximate surface area is 99.2 Å². The van der Waals surface area contributed by atoms with Crippen molar-refractivity contribution in [1.29, 1.82) is 5.26 Å². The first-order valence-electron chi connectivity index (χ1n) is 5.54. The van der Waals surface area contributed by atoms with Gasteiger partial charge in [-0.25, -0.2) is 9.78 Å². The molecule has 0 atom stereocenters. The van der Waals surface area contributed by atoms with E-state index in [1.165, 1.54) is 7.11 Å². The molecule has 2 rings (SSSR count). The van der Waals surface area contributed by atoms with E-state index >= 15 is 0 Å². The number of nitrogens with one attached hydrogen (secondary N) is 1. The molecule has 1 aliphatic carbocycles. The van der Waals surface area contributed by atoms with Gasteiger partial charge in [0.2, 0.25) is 0 Å². The molecule has 0 aromatic carbocycles. The molecule has 1 aliphatic rings. The highest BCUT2D eigenvalue weighted by Gasteiger charge is 2.28. The molecule has 0 aliphatic heterocycles. The first kappa shape index (κ1) is 11.4. The van der Waals surface area contributed by atoms with Crippen molar-refractivity contribution in [1.82, 2.24) is 0 Å². The second kappa shape index (κ2) is 4.42.